The van der Waals surface area contributed by atoms with Crippen LogP contribution in [-0.2, 0) is 6.54 Å². The topological polar surface area (TPSA) is 58.1 Å². The van der Waals surface area contributed by atoms with Crippen LogP contribution in [0.5, 0.6) is 0 Å². The van der Waals surface area contributed by atoms with E-state index in [0.29, 0.717) is 29.3 Å². The summed E-state index contributed by atoms with van der Waals surface area (Å²) >= 11 is 0. The quantitative estimate of drug-likeness (QED) is 0.668. The lowest BCUT2D eigenvalue weighted by Gasteiger charge is -2.23. The van der Waals surface area contributed by atoms with Gasteiger partial charge in [0.05, 0.1) is 17.3 Å². The molecule has 5 nitrogen and oxygen atoms in total. The number of benzene rings is 2. The second kappa shape index (κ2) is 8.67. The van der Waals surface area contributed by atoms with Gasteiger partial charge >= 0.3 is 0 Å². The molecule has 1 fully saturated rings. The molecular weight excluding hydrogens is 386 g/mol. The summed E-state index contributed by atoms with van der Waals surface area (Å²) in [5.74, 6) is -0.255. The second-order valence-electron chi connectivity index (χ2n) is 7.44. The Kier molecular flexibility index (Phi) is 5.81. The molecule has 1 aromatic heterocycles. The van der Waals surface area contributed by atoms with Gasteiger partial charge in [-0.1, -0.05) is 12.1 Å². The van der Waals surface area contributed by atoms with Gasteiger partial charge in [-0.25, -0.2) is 18.7 Å². The maximum Gasteiger partial charge on any atom is 0.259 e. The molecule has 1 aliphatic rings. The summed E-state index contributed by atoms with van der Waals surface area (Å²) in [6.07, 6.45) is 3.51. The van der Waals surface area contributed by atoms with Crippen LogP contribution in [0.2, 0.25) is 0 Å². The Morgan fingerprint density at radius 2 is 1.77 bits per heavy atom. The molecule has 7 heteroatoms. The number of halogens is 2. The van der Waals surface area contributed by atoms with E-state index >= 15 is 0 Å². The van der Waals surface area contributed by atoms with Crippen LogP contribution in [0, 0.1) is 18.6 Å². The minimum Gasteiger partial charge on any atom is -0.322 e. The van der Waals surface area contributed by atoms with Gasteiger partial charge in [-0.15, -0.1) is 0 Å². The van der Waals surface area contributed by atoms with E-state index in [1.165, 1.54) is 36.4 Å². The van der Waals surface area contributed by atoms with Gasteiger partial charge in [0.1, 0.15) is 17.5 Å². The largest absolute Gasteiger partial charge is 0.322 e. The van der Waals surface area contributed by atoms with E-state index < -0.39 is 0 Å². The van der Waals surface area contributed by atoms with Crippen molar-refractivity contribution in [2.24, 2.45) is 0 Å². The molecule has 0 radical (unpaired) electrons. The fourth-order valence-corrected chi connectivity index (χ4v) is 3.73. The number of nitrogens with zero attached hydrogens (tertiary/aromatic N) is 3. The number of hydrogen-bond donors (Lipinski definition) is 1. The summed E-state index contributed by atoms with van der Waals surface area (Å²) in [6.45, 7) is 3.39. The third kappa shape index (κ3) is 4.52. The normalized spacial score (nSPS) is 16.6. The highest BCUT2D eigenvalue weighted by atomic mass is 19.1. The smallest absolute Gasteiger partial charge is 0.259 e. The Labute approximate surface area is 173 Å². The van der Waals surface area contributed by atoms with Crippen molar-refractivity contribution in [3.05, 3.63) is 89.0 Å². The van der Waals surface area contributed by atoms with Crippen LogP contribution in [0.3, 0.4) is 0 Å². The monoisotopic (exact) mass is 408 g/mol. The van der Waals surface area contributed by atoms with E-state index in [4.69, 9.17) is 0 Å². The number of aryl methyl sites for hydroxylation is 1. The van der Waals surface area contributed by atoms with Crippen molar-refractivity contribution in [2.75, 3.05) is 11.9 Å². The molecule has 154 valence electrons. The lowest BCUT2D eigenvalue weighted by atomic mass is 10.1. The highest BCUT2D eigenvalue weighted by Crippen LogP contribution is 2.31. The van der Waals surface area contributed by atoms with Crippen molar-refractivity contribution in [3.8, 4) is 0 Å². The fourth-order valence-electron chi connectivity index (χ4n) is 3.73. The minimum atomic E-state index is -0.362. The SMILES string of the molecule is Cc1nc([C@H]2CCCN2Cc2ccc(F)cc2)ncc1C(=O)Nc1ccc(F)cc1. The molecule has 4 rings (SSSR count). The number of rotatable bonds is 5. The third-order valence-corrected chi connectivity index (χ3v) is 5.31. The van der Waals surface area contributed by atoms with Crippen LogP contribution in [-0.4, -0.2) is 27.3 Å². The van der Waals surface area contributed by atoms with Crippen LogP contribution in [0.1, 0.15) is 46.3 Å². The predicted octanol–water partition coefficient (Wildman–Crippen LogP) is 4.65. The molecule has 0 aliphatic carbocycles. The molecule has 3 aromatic rings. The van der Waals surface area contributed by atoms with Gasteiger partial charge in [-0.05, 0) is 68.3 Å². The zero-order chi connectivity index (χ0) is 21.1. The van der Waals surface area contributed by atoms with Gasteiger partial charge in [0.25, 0.3) is 5.91 Å². The molecule has 0 saturated carbocycles. The van der Waals surface area contributed by atoms with E-state index in [2.05, 4.69) is 20.2 Å². The maximum atomic E-state index is 13.2. The number of aromatic nitrogens is 2. The molecule has 2 heterocycles. The number of likely N-dealkylation sites (tertiary alicyclic amines) is 1. The van der Waals surface area contributed by atoms with Gasteiger partial charge in [-0.2, -0.15) is 0 Å². The zero-order valence-corrected chi connectivity index (χ0v) is 16.6. The molecule has 1 saturated heterocycles. The van der Waals surface area contributed by atoms with Crippen molar-refractivity contribution < 1.29 is 13.6 Å². The van der Waals surface area contributed by atoms with E-state index in [1.54, 1.807) is 25.3 Å². The molecule has 1 amide bonds. The van der Waals surface area contributed by atoms with Crippen molar-refractivity contribution in [2.45, 2.75) is 32.4 Å². The summed E-state index contributed by atoms with van der Waals surface area (Å²) in [4.78, 5) is 23.9. The first-order valence-electron chi connectivity index (χ1n) is 9.88. The molecule has 1 N–H and O–H groups in total. The van der Waals surface area contributed by atoms with Crippen molar-refractivity contribution >= 4 is 11.6 Å². The van der Waals surface area contributed by atoms with Crippen LogP contribution in [0.4, 0.5) is 14.5 Å². The molecular formula is C23H22F2N4O. The number of hydrogen-bond acceptors (Lipinski definition) is 4. The fraction of sp³-hybridized carbons (Fsp3) is 0.261. The summed E-state index contributed by atoms with van der Waals surface area (Å²) in [5, 5.41) is 2.73. The first-order chi connectivity index (χ1) is 14.5. The third-order valence-electron chi connectivity index (χ3n) is 5.31. The lowest BCUT2D eigenvalue weighted by molar-refractivity contribution is 0.102. The molecule has 1 atom stereocenters. The van der Waals surface area contributed by atoms with Crippen molar-refractivity contribution in [1.29, 1.82) is 0 Å². The standard InChI is InChI=1S/C23H22F2N4O/c1-15-20(23(30)28-19-10-8-18(25)9-11-19)13-26-22(27-15)21-3-2-12-29(21)14-16-4-6-17(24)7-5-16/h4-11,13,21H,2-3,12,14H2,1H3,(H,28,30)/t21-/m1/s1. The van der Waals surface area contributed by atoms with Gasteiger partial charge in [0.15, 0.2) is 0 Å². The number of nitrogens with one attached hydrogen (secondary N) is 1. The predicted molar refractivity (Wildman–Crippen MR) is 110 cm³/mol. The maximum absolute atomic E-state index is 13.2. The highest BCUT2D eigenvalue weighted by molar-refractivity contribution is 6.04. The summed E-state index contributed by atoms with van der Waals surface area (Å²) in [6, 6.07) is 12.2. The lowest BCUT2D eigenvalue weighted by Crippen LogP contribution is -2.25. The van der Waals surface area contributed by atoms with Gasteiger partial charge in [0, 0.05) is 18.4 Å². The average molecular weight is 408 g/mol. The molecule has 1 aliphatic heterocycles. The second-order valence-corrected chi connectivity index (χ2v) is 7.44. The zero-order valence-electron chi connectivity index (χ0n) is 16.6. The van der Waals surface area contributed by atoms with Crippen LogP contribution in [0.15, 0.2) is 54.7 Å². The Bertz CT molecular complexity index is 1040. The number of amides is 1. The van der Waals surface area contributed by atoms with Gasteiger partial charge < -0.3 is 5.32 Å². The van der Waals surface area contributed by atoms with E-state index in [-0.39, 0.29) is 23.6 Å². The van der Waals surface area contributed by atoms with Crippen LogP contribution < -0.4 is 5.32 Å². The molecule has 30 heavy (non-hydrogen) atoms. The Morgan fingerprint density at radius 1 is 1.10 bits per heavy atom. The van der Waals surface area contributed by atoms with Crippen LogP contribution in [0.25, 0.3) is 0 Å². The summed E-state index contributed by atoms with van der Waals surface area (Å²) in [7, 11) is 0. The Hall–Kier alpha value is -3.19. The first-order valence-corrected chi connectivity index (χ1v) is 9.88. The number of anilines is 1. The van der Waals surface area contributed by atoms with Gasteiger partial charge in [0.2, 0.25) is 0 Å². The minimum absolute atomic E-state index is 0.0583. The summed E-state index contributed by atoms with van der Waals surface area (Å²) in [5.41, 5.74) is 2.51. The molecule has 0 bridgehead atoms. The van der Waals surface area contributed by atoms with E-state index in [0.717, 1.165) is 24.9 Å². The van der Waals surface area contributed by atoms with Crippen molar-refractivity contribution in [3.63, 3.8) is 0 Å². The highest BCUT2D eigenvalue weighted by Gasteiger charge is 2.29. The molecule has 2 aromatic carbocycles. The molecule has 0 spiro atoms. The Morgan fingerprint density at radius 3 is 2.43 bits per heavy atom. The van der Waals surface area contributed by atoms with E-state index in [1.807, 2.05) is 0 Å². The average Bonchev–Trinajstić information content (AvgIpc) is 3.19. The number of carbonyl (C=O) groups excluding carboxylic acids is 1. The first kappa shape index (κ1) is 20.1. The Balaban J connectivity index is 1.48. The van der Waals surface area contributed by atoms with Crippen molar-refractivity contribution in [1.82, 2.24) is 14.9 Å². The summed E-state index contributed by atoms with van der Waals surface area (Å²) < 4.78 is 26.2. The van der Waals surface area contributed by atoms with E-state index in [9.17, 15) is 13.6 Å². The molecule has 0 unspecified atom stereocenters. The van der Waals surface area contributed by atoms with Crippen LogP contribution >= 0.6 is 0 Å². The van der Waals surface area contributed by atoms with Gasteiger partial charge in [-0.3, -0.25) is 9.69 Å². The number of carbonyl (C=O) groups is 1.